The summed E-state index contributed by atoms with van der Waals surface area (Å²) in [4.78, 5) is 0. The summed E-state index contributed by atoms with van der Waals surface area (Å²) in [6, 6.07) is 15.5. The fourth-order valence-corrected chi connectivity index (χ4v) is 3.16. The highest BCUT2D eigenvalue weighted by atomic mass is 79.9. The Labute approximate surface area is 172 Å². The van der Waals surface area contributed by atoms with Crippen molar-refractivity contribution in [2.24, 2.45) is 0 Å². The molecule has 0 saturated carbocycles. The van der Waals surface area contributed by atoms with Gasteiger partial charge in [-0.25, -0.2) is 0 Å². The van der Waals surface area contributed by atoms with Crippen molar-refractivity contribution in [3.8, 4) is 0 Å². The van der Waals surface area contributed by atoms with E-state index in [9.17, 15) is 0 Å². The van der Waals surface area contributed by atoms with Crippen LogP contribution in [0.3, 0.4) is 0 Å². The molecule has 0 radical (unpaired) electrons. The van der Waals surface area contributed by atoms with Gasteiger partial charge in [0.2, 0.25) is 0 Å². The van der Waals surface area contributed by atoms with Crippen LogP contribution in [0, 0.1) is 0 Å². The van der Waals surface area contributed by atoms with Crippen molar-refractivity contribution in [2.75, 3.05) is 10.6 Å². The molecule has 3 aromatic rings. The Balaban J connectivity index is 1.64. The van der Waals surface area contributed by atoms with Gasteiger partial charge in [0.25, 0.3) is 0 Å². The molecule has 4 nitrogen and oxygen atoms in total. The molecule has 0 atom stereocenters. The lowest BCUT2D eigenvalue weighted by atomic mass is 10.2. The van der Waals surface area contributed by atoms with Crippen LogP contribution in [0.5, 0.6) is 0 Å². The quantitative estimate of drug-likeness (QED) is 0.437. The van der Waals surface area contributed by atoms with Crippen LogP contribution in [-0.4, -0.2) is 14.9 Å². The molecule has 1 heterocycles. The molecule has 0 aliphatic carbocycles. The lowest BCUT2D eigenvalue weighted by molar-refractivity contribution is 0.689. The highest BCUT2D eigenvalue weighted by Crippen LogP contribution is 2.22. The lowest BCUT2D eigenvalue weighted by Gasteiger charge is -2.09. The van der Waals surface area contributed by atoms with Crippen LogP contribution in [0.1, 0.15) is 5.56 Å². The number of hydrogen-bond donors (Lipinski definition) is 2. The van der Waals surface area contributed by atoms with E-state index < -0.39 is 0 Å². The van der Waals surface area contributed by atoms with E-state index in [4.69, 9.17) is 23.8 Å². The average Bonchev–Trinajstić information content (AvgIpc) is 2.91. The predicted molar refractivity (Wildman–Crippen MR) is 114 cm³/mol. The van der Waals surface area contributed by atoms with Crippen molar-refractivity contribution in [1.82, 2.24) is 9.78 Å². The predicted octanol–water partition coefficient (Wildman–Crippen LogP) is 5.92. The molecule has 0 aliphatic rings. The number of aromatic nitrogens is 2. The summed E-state index contributed by atoms with van der Waals surface area (Å²) in [5, 5.41) is 11.9. The van der Waals surface area contributed by atoms with E-state index in [2.05, 4.69) is 47.6 Å². The molecule has 0 amide bonds. The van der Waals surface area contributed by atoms with Gasteiger partial charge in [-0.05, 0) is 70.1 Å². The smallest absolute Gasteiger partial charge is 0.176 e. The fourth-order valence-electron chi connectivity index (χ4n) is 2.14. The number of nitrogens with one attached hydrogen (secondary N) is 2. The van der Waals surface area contributed by atoms with Gasteiger partial charge in [0.15, 0.2) is 10.9 Å². The van der Waals surface area contributed by atoms with Crippen molar-refractivity contribution < 1.29 is 0 Å². The maximum absolute atomic E-state index is 5.91. The van der Waals surface area contributed by atoms with Crippen LogP contribution in [0.2, 0.25) is 5.02 Å². The molecule has 2 N–H and O–H groups in total. The normalized spacial score (nSPS) is 10.5. The van der Waals surface area contributed by atoms with E-state index in [-0.39, 0.29) is 0 Å². The molecular formula is C17H13Br2ClN4S. The first kappa shape index (κ1) is 18.4. The highest BCUT2D eigenvalue weighted by molar-refractivity contribution is 9.10. The molecule has 2 aromatic carbocycles. The summed E-state index contributed by atoms with van der Waals surface area (Å²) in [5.41, 5.74) is 2.01. The first-order chi connectivity index (χ1) is 12.0. The summed E-state index contributed by atoms with van der Waals surface area (Å²) in [7, 11) is 0. The van der Waals surface area contributed by atoms with E-state index >= 15 is 0 Å². The number of nitrogens with zero attached hydrogens (tertiary/aromatic N) is 2. The zero-order valence-electron chi connectivity index (χ0n) is 12.8. The number of anilines is 2. The first-order valence-corrected chi connectivity index (χ1v) is 9.68. The second-order valence-electron chi connectivity index (χ2n) is 5.24. The van der Waals surface area contributed by atoms with Gasteiger partial charge in [0.1, 0.15) is 0 Å². The second kappa shape index (κ2) is 8.31. The summed E-state index contributed by atoms with van der Waals surface area (Å²) in [5.74, 6) is 0.656. The molecule has 0 unspecified atom stereocenters. The van der Waals surface area contributed by atoms with Gasteiger partial charge in [-0.15, -0.1) is 0 Å². The van der Waals surface area contributed by atoms with Crippen molar-refractivity contribution in [2.45, 2.75) is 6.54 Å². The van der Waals surface area contributed by atoms with Crippen LogP contribution in [0.25, 0.3) is 0 Å². The Morgan fingerprint density at radius 3 is 2.40 bits per heavy atom. The minimum absolute atomic E-state index is 0.472. The van der Waals surface area contributed by atoms with E-state index in [0.717, 1.165) is 25.2 Å². The van der Waals surface area contributed by atoms with Gasteiger partial charge in [-0.1, -0.05) is 39.7 Å². The fraction of sp³-hybridized carbons (Fsp3) is 0.0588. The van der Waals surface area contributed by atoms with Crippen LogP contribution in [0.15, 0.2) is 63.7 Å². The van der Waals surface area contributed by atoms with Gasteiger partial charge in [0.05, 0.1) is 11.0 Å². The van der Waals surface area contributed by atoms with Crippen LogP contribution < -0.4 is 10.6 Å². The SMILES string of the molecule is S=C(Nc1ccc(Br)cc1)Nc1nn(Cc2ccc(Cl)cc2)cc1Br. The van der Waals surface area contributed by atoms with Gasteiger partial charge in [-0.2, -0.15) is 5.10 Å². The summed E-state index contributed by atoms with van der Waals surface area (Å²) in [6.07, 6.45) is 1.90. The van der Waals surface area contributed by atoms with Crippen LogP contribution >= 0.6 is 55.7 Å². The molecule has 0 aliphatic heterocycles. The van der Waals surface area contributed by atoms with Gasteiger partial charge >= 0.3 is 0 Å². The Morgan fingerprint density at radius 1 is 1.04 bits per heavy atom. The largest absolute Gasteiger partial charge is 0.332 e. The Bertz CT molecular complexity index is 879. The number of rotatable bonds is 4. The van der Waals surface area contributed by atoms with Crippen LogP contribution in [0.4, 0.5) is 11.5 Å². The summed E-state index contributed by atoms with van der Waals surface area (Å²) >= 11 is 18.2. The second-order valence-corrected chi connectivity index (χ2v) is 7.85. The first-order valence-electron chi connectivity index (χ1n) is 7.30. The van der Waals surface area contributed by atoms with E-state index in [1.54, 1.807) is 0 Å². The summed E-state index contributed by atoms with van der Waals surface area (Å²) in [6.45, 7) is 0.643. The van der Waals surface area contributed by atoms with Gasteiger partial charge in [-0.3, -0.25) is 4.68 Å². The monoisotopic (exact) mass is 498 g/mol. The van der Waals surface area contributed by atoms with Crippen molar-refractivity contribution in [3.05, 3.63) is 74.3 Å². The van der Waals surface area contributed by atoms with Crippen molar-refractivity contribution in [3.63, 3.8) is 0 Å². The van der Waals surface area contributed by atoms with Gasteiger partial charge < -0.3 is 10.6 Å². The van der Waals surface area contributed by atoms with Gasteiger partial charge in [0, 0.05) is 21.4 Å². The Kier molecular flexibility index (Phi) is 6.11. The maximum Gasteiger partial charge on any atom is 0.176 e. The van der Waals surface area contributed by atoms with E-state index in [0.29, 0.717) is 17.5 Å². The molecule has 0 saturated heterocycles. The van der Waals surface area contributed by atoms with Crippen molar-refractivity contribution >= 4 is 72.3 Å². The molecule has 0 bridgehead atoms. The molecule has 8 heteroatoms. The standard InChI is InChI=1S/C17H13Br2ClN4S/c18-12-3-7-14(8-4-12)21-17(25)22-16-15(19)10-24(23-16)9-11-1-5-13(20)6-2-11/h1-8,10H,9H2,(H2,21,22,23,25). The number of halogens is 3. The molecule has 128 valence electrons. The lowest BCUT2D eigenvalue weighted by Crippen LogP contribution is -2.19. The molecule has 25 heavy (non-hydrogen) atoms. The third kappa shape index (κ3) is 5.28. The Morgan fingerprint density at radius 2 is 1.72 bits per heavy atom. The topological polar surface area (TPSA) is 41.9 Å². The van der Waals surface area contributed by atoms with E-state index in [1.807, 2.05) is 59.4 Å². The highest BCUT2D eigenvalue weighted by Gasteiger charge is 2.09. The molecule has 3 rings (SSSR count). The minimum atomic E-state index is 0.472. The zero-order valence-corrected chi connectivity index (χ0v) is 17.6. The van der Waals surface area contributed by atoms with Crippen LogP contribution in [-0.2, 0) is 6.54 Å². The average molecular weight is 501 g/mol. The number of benzene rings is 2. The zero-order chi connectivity index (χ0) is 17.8. The maximum atomic E-state index is 5.91. The van der Waals surface area contributed by atoms with Crippen molar-refractivity contribution in [1.29, 1.82) is 0 Å². The number of hydrogen-bond acceptors (Lipinski definition) is 2. The minimum Gasteiger partial charge on any atom is -0.332 e. The molecule has 0 fully saturated rings. The molecule has 0 spiro atoms. The third-order valence-electron chi connectivity index (χ3n) is 3.31. The third-order valence-corrected chi connectivity index (χ3v) is 4.87. The Hall–Kier alpha value is -1.41. The summed E-state index contributed by atoms with van der Waals surface area (Å²) < 4.78 is 3.68. The van der Waals surface area contributed by atoms with E-state index in [1.165, 1.54) is 0 Å². The number of thiocarbonyl (C=S) groups is 1. The molecule has 1 aromatic heterocycles. The molecular weight excluding hydrogens is 488 g/mol.